The summed E-state index contributed by atoms with van der Waals surface area (Å²) >= 11 is 0. The molecule has 2 bridgehead atoms. The Morgan fingerprint density at radius 2 is 1.71 bits per heavy atom. The molecule has 0 radical (unpaired) electrons. The highest BCUT2D eigenvalue weighted by Gasteiger charge is 2.36. The van der Waals surface area contributed by atoms with Gasteiger partial charge in [0.25, 0.3) is 0 Å². The molecule has 0 spiro atoms. The van der Waals surface area contributed by atoms with Gasteiger partial charge < -0.3 is 4.84 Å². The van der Waals surface area contributed by atoms with Gasteiger partial charge in [-0.2, -0.15) is 0 Å². The van der Waals surface area contributed by atoms with Crippen LogP contribution in [0.5, 0.6) is 0 Å². The van der Waals surface area contributed by atoms with Crippen molar-refractivity contribution in [1.29, 1.82) is 0 Å². The number of fused-ring (bicyclic) bond motifs is 2. The first-order chi connectivity index (χ1) is 10.0. The summed E-state index contributed by atoms with van der Waals surface area (Å²) in [4.78, 5) is 19.7. The maximum absolute atomic E-state index is 12.1. The second kappa shape index (κ2) is 5.60. The van der Waals surface area contributed by atoms with E-state index in [0.29, 0.717) is 17.6 Å². The Kier molecular flexibility index (Phi) is 3.81. The van der Waals surface area contributed by atoms with Crippen LogP contribution in [0.1, 0.15) is 47.2 Å². The molecule has 0 N–H and O–H groups in total. The third-order valence-electron chi connectivity index (χ3n) is 4.64. The molecule has 3 rings (SSSR count). The first-order valence-electron chi connectivity index (χ1n) is 7.60. The zero-order valence-electron chi connectivity index (χ0n) is 12.9. The van der Waals surface area contributed by atoms with Gasteiger partial charge in [-0.25, -0.2) is 4.79 Å². The van der Waals surface area contributed by atoms with Crippen LogP contribution in [0.4, 0.5) is 0 Å². The summed E-state index contributed by atoms with van der Waals surface area (Å²) < 4.78 is 0. The summed E-state index contributed by atoms with van der Waals surface area (Å²) in [6.07, 6.45) is 4.30. The van der Waals surface area contributed by atoms with Gasteiger partial charge in [0, 0.05) is 24.9 Å². The smallest absolute Gasteiger partial charge is 0.313 e. The minimum atomic E-state index is -0.361. The molecule has 112 valence electrons. The summed E-state index contributed by atoms with van der Waals surface area (Å²) in [6.45, 7) is 3.95. The van der Waals surface area contributed by atoms with Crippen molar-refractivity contribution >= 4 is 11.7 Å². The Morgan fingerprint density at radius 1 is 1.14 bits per heavy atom. The molecule has 1 aromatic rings. The maximum atomic E-state index is 12.1. The Bertz CT molecular complexity index is 558. The van der Waals surface area contributed by atoms with E-state index in [0.717, 1.165) is 29.7 Å². The van der Waals surface area contributed by atoms with Crippen molar-refractivity contribution in [1.82, 2.24) is 4.90 Å². The molecule has 2 heterocycles. The molecule has 0 amide bonds. The van der Waals surface area contributed by atoms with Crippen LogP contribution < -0.4 is 0 Å². The molecule has 0 aliphatic carbocycles. The number of hydrogen-bond donors (Lipinski definition) is 0. The van der Waals surface area contributed by atoms with Gasteiger partial charge in [0.1, 0.15) is 0 Å². The van der Waals surface area contributed by atoms with E-state index in [1.807, 2.05) is 32.0 Å². The van der Waals surface area contributed by atoms with E-state index in [-0.39, 0.29) is 5.97 Å². The Morgan fingerprint density at radius 3 is 2.29 bits per heavy atom. The number of oxime groups is 1. The number of hydrogen-bond acceptors (Lipinski definition) is 4. The molecule has 2 saturated heterocycles. The molecule has 21 heavy (non-hydrogen) atoms. The van der Waals surface area contributed by atoms with E-state index >= 15 is 0 Å². The first kappa shape index (κ1) is 14.3. The van der Waals surface area contributed by atoms with Crippen LogP contribution >= 0.6 is 0 Å². The highest BCUT2D eigenvalue weighted by atomic mass is 16.7. The lowest BCUT2D eigenvalue weighted by atomic mass is 10.0. The van der Waals surface area contributed by atoms with Gasteiger partial charge in [-0.1, -0.05) is 22.3 Å². The Hall–Kier alpha value is -1.68. The molecule has 2 atom stereocenters. The average molecular weight is 286 g/mol. The van der Waals surface area contributed by atoms with E-state index in [4.69, 9.17) is 4.84 Å². The predicted molar refractivity (Wildman–Crippen MR) is 82.6 cm³/mol. The fraction of sp³-hybridized carbons (Fsp3) is 0.529. The second-order valence-electron chi connectivity index (χ2n) is 6.37. The monoisotopic (exact) mass is 286 g/mol. The van der Waals surface area contributed by atoms with Gasteiger partial charge in [-0.3, -0.25) is 4.90 Å². The molecule has 2 aliphatic rings. The second-order valence-corrected chi connectivity index (χ2v) is 6.37. The highest BCUT2D eigenvalue weighted by molar-refractivity contribution is 5.91. The lowest BCUT2D eigenvalue weighted by molar-refractivity contribution is 0.0510. The van der Waals surface area contributed by atoms with E-state index < -0.39 is 0 Å². The molecule has 2 fully saturated rings. The molecule has 2 unspecified atom stereocenters. The zero-order chi connectivity index (χ0) is 15.0. The van der Waals surface area contributed by atoms with Gasteiger partial charge >= 0.3 is 5.97 Å². The summed E-state index contributed by atoms with van der Waals surface area (Å²) in [6, 6.07) is 6.86. The van der Waals surface area contributed by atoms with Gasteiger partial charge in [0.05, 0.1) is 11.3 Å². The number of benzene rings is 1. The lowest BCUT2D eigenvalue weighted by Gasteiger charge is -2.31. The van der Waals surface area contributed by atoms with Crippen molar-refractivity contribution in [2.24, 2.45) is 5.16 Å². The number of rotatable bonds is 2. The standard InChI is InChI=1S/C17H22N2O2/c1-11-6-12(2)8-13(7-11)17(20)21-18-14-9-15-4-5-16(10-14)19(15)3/h6-8,15-16H,4-5,9-10H2,1-3H3. The van der Waals surface area contributed by atoms with E-state index in [1.54, 1.807) is 0 Å². The van der Waals surface area contributed by atoms with Crippen molar-refractivity contribution < 1.29 is 9.63 Å². The first-order valence-corrected chi connectivity index (χ1v) is 7.60. The van der Waals surface area contributed by atoms with Gasteiger partial charge in [-0.05, 0) is 45.9 Å². The molecule has 1 aromatic carbocycles. The van der Waals surface area contributed by atoms with Crippen LogP contribution in [0, 0.1) is 13.8 Å². The van der Waals surface area contributed by atoms with E-state index in [1.165, 1.54) is 12.8 Å². The largest absolute Gasteiger partial charge is 0.365 e. The average Bonchev–Trinajstić information content (AvgIpc) is 2.65. The number of carbonyl (C=O) groups is 1. The Labute approximate surface area is 125 Å². The minimum Gasteiger partial charge on any atom is -0.313 e. The van der Waals surface area contributed by atoms with Crippen LogP contribution in [-0.2, 0) is 4.84 Å². The summed E-state index contributed by atoms with van der Waals surface area (Å²) in [5.74, 6) is -0.361. The van der Waals surface area contributed by atoms with Crippen LogP contribution in [0.25, 0.3) is 0 Å². The van der Waals surface area contributed by atoms with E-state index in [2.05, 4.69) is 17.1 Å². The van der Waals surface area contributed by atoms with Crippen molar-refractivity contribution in [3.05, 3.63) is 34.9 Å². The molecule has 0 aromatic heterocycles. The third-order valence-corrected chi connectivity index (χ3v) is 4.64. The molecule has 2 aliphatic heterocycles. The number of nitrogens with zero attached hydrogens (tertiary/aromatic N) is 2. The van der Waals surface area contributed by atoms with Crippen molar-refractivity contribution in [3.8, 4) is 0 Å². The van der Waals surface area contributed by atoms with Crippen LogP contribution in [-0.4, -0.2) is 35.7 Å². The van der Waals surface area contributed by atoms with Gasteiger partial charge in [0.15, 0.2) is 0 Å². The van der Waals surface area contributed by atoms with Gasteiger partial charge in [-0.15, -0.1) is 0 Å². The number of aryl methyl sites for hydroxylation is 2. The normalized spacial score (nSPS) is 25.0. The lowest BCUT2D eigenvalue weighted by Crippen LogP contribution is -2.40. The molecule has 4 nitrogen and oxygen atoms in total. The quantitative estimate of drug-likeness (QED) is 0.620. The van der Waals surface area contributed by atoms with Crippen LogP contribution in [0.2, 0.25) is 0 Å². The van der Waals surface area contributed by atoms with E-state index in [9.17, 15) is 4.79 Å². The maximum Gasteiger partial charge on any atom is 0.365 e. The summed E-state index contributed by atoms with van der Waals surface area (Å²) in [7, 11) is 2.18. The topological polar surface area (TPSA) is 41.9 Å². The van der Waals surface area contributed by atoms with Crippen molar-refractivity contribution in [2.75, 3.05) is 7.05 Å². The zero-order valence-corrected chi connectivity index (χ0v) is 12.9. The SMILES string of the molecule is Cc1cc(C)cc(C(=O)ON=C2CC3CCC(C2)N3C)c1. The molecular formula is C17H22N2O2. The Balaban J connectivity index is 1.67. The fourth-order valence-electron chi connectivity index (χ4n) is 3.54. The number of carbonyl (C=O) groups excluding carboxylic acids is 1. The predicted octanol–water partition coefficient (Wildman–Crippen LogP) is 3.07. The third kappa shape index (κ3) is 3.00. The van der Waals surface area contributed by atoms with Crippen LogP contribution in [0.15, 0.2) is 23.4 Å². The molecule has 4 heteroatoms. The molecule has 0 saturated carbocycles. The number of piperidine rings is 1. The summed E-state index contributed by atoms with van der Waals surface area (Å²) in [5, 5.41) is 4.13. The fourth-order valence-corrected chi connectivity index (χ4v) is 3.54. The van der Waals surface area contributed by atoms with Crippen molar-refractivity contribution in [3.63, 3.8) is 0 Å². The molecular weight excluding hydrogens is 264 g/mol. The summed E-state index contributed by atoms with van der Waals surface area (Å²) in [5.41, 5.74) is 3.73. The van der Waals surface area contributed by atoms with Crippen molar-refractivity contribution in [2.45, 2.75) is 51.6 Å². The van der Waals surface area contributed by atoms with Crippen LogP contribution in [0.3, 0.4) is 0 Å². The highest BCUT2D eigenvalue weighted by Crippen LogP contribution is 2.32. The minimum absolute atomic E-state index is 0.361. The van der Waals surface area contributed by atoms with Gasteiger partial charge in [0.2, 0.25) is 0 Å².